The third kappa shape index (κ3) is 4.14. The molecular weight excluding hydrogens is 412 g/mol. The molecular formula is C26H28N6O. The molecule has 1 unspecified atom stereocenters. The van der Waals surface area contributed by atoms with Gasteiger partial charge < -0.3 is 15.0 Å². The van der Waals surface area contributed by atoms with E-state index >= 15 is 0 Å². The maximum atomic E-state index is 5.51. The molecule has 4 aromatic rings. The Morgan fingerprint density at radius 1 is 1.15 bits per heavy atom. The molecule has 0 spiro atoms. The summed E-state index contributed by atoms with van der Waals surface area (Å²) < 4.78 is 7.30. The van der Waals surface area contributed by atoms with Crippen LogP contribution in [0.1, 0.15) is 32.3 Å². The summed E-state index contributed by atoms with van der Waals surface area (Å²) in [6.07, 6.45) is 7.94. The van der Waals surface area contributed by atoms with Crippen LogP contribution in [0, 0.1) is 0 Å². The minimum atomic E-state index is 0.515. The maximum Gasteiger partial charge on any atom is 0.178 e. The molecule has 1 aliphatic rings. The number of anilines is 3. The average molecular weight is 441 g/mol. The fourth-order valence-electron chi connectivity index (χ4n) is 4.50. The number of hydrogen-bond acceptors (Lipinski definition) is 6. The van der Waals surface area contributed by atoms with E-state index in [4.69, 9.17) is 9.72 Å². The Bertz CT molecular complexity index is 1310. The molecule has 1 atom stereocenters. The highest BCUT2D eigenvalue weighted by Crippen LogP contribution is 2.30. The number of nitrogens with zero attached hydrogens (tertiary/aromatic N) is 5. The Morgan fingerprint density at radius 2 is 2.03 bits per heavy atom. The average Bonchev–Trinajstić information content (AvgIpc) is 3.49. The summed E-state index contributed by atoms with van der Waals surface area (Å²) in [5, 5.41) is 7.87. The van der Waals surface area contributed by atoms with Crippen LogP contribution in [-0.2, 0) is 4.74 Å². The minimum Gasteiger partial charge on any atom is -0.496 e. The largest absolute Gasteiger partial charge is 0.496 e. The minimum absolute atomic E-state index is 0.515. The van der Waals surface area contributed by atoms with Crippen molar-refractivity contribution in [1.82, 2.24) is 19.6 Å². The van der Waals surface area contributed by atoms with Crippen molar-refractivity contribution in [3.05, 3.63) is 72.7 Å². The van der Waals surface area contributed by atoms with E-state index in [1.165, 1.54) is 12.8 Å². The van der Waals surface area contributed by atoms with Gasteiger partial charge in [0.1, 0.15) is 23.7 Å². The van der Waals surface area contributed by atoms with Crippen LogP contribution in [0.3, 0.4) is 0 Å². The van der Waals surface area contributed by atoms with E-state index in [9.17, 15) is 0 Å². The van der Waals surface area contributed by atoms with E-state index in [2.05, 4.69) is 51.5 Å². The molecule has 7 heteroatoms. The van der Waals surface area contributed by atoms with Crippen LogP contribution in [0.2, 0.25) is 0 Å². The van der Waals surface area contributed by atoms with Gasteiger partial charge in [0, 0.05) is 29.9 Å². The summed E-state index contributed by atoms with van der Waals surface area (Å²) in [7, 11) is 1.69. The predicted octanol–water partition coefficient (Wildman–Crippen LogP) is 5.53. The topological polar surface area (TPSA) is 67.6 Å². The number of fused-ring (bicyclic) bond motifs is 1. The van der Waals surface area contributed by atoms with Gasteiger partial charge in [0.05, 0.1) is 12.8 Å². The fourth-order valence-corrected chi connectivity index (χ4v) is 4.50. The zero-order valence-corrected chi connectivity index (χ0v) is 19.2. The van der Waals surface area contributed by atoms with Crippen LogP contribution in [0.25, 0.3) is 22.5 Å². The molecule has 1 fully saturated rings. The van der Waals surface area contributed by atoms with Gasteiger partial charge in [-0.2, -0.15) is 5.10 Å². The zero-order valence-electron chi connectivity index (χ0n) is 19.2. The van der Waals surface area contributed by atoms with Crippen molar-refractivity contribution in [3.63, 3.8) is 0 Å². The number of nitrogens with one attached hydrogen (secondary N) is 1. The van der Waals surface area contributed by atoms with Crippen LogP contribution >= 0.6 is 0 Å². The predicted molar refractivity (Wildman–Crippen MR) is 133 cm³/mol. The quantitative estimate of drug-likeness (QED) is 0.398. The van der Waals surface area contributed by atoms with Gasteiger partial charge in [0.25, 0.3) is 0 Å². The molecule has 3 aromatic heterocycles. The molecule has 0 amide bonds. The highest BCUT2D eigenvalue weighted by atomic mass is 16.5. The van der Waals surface area contributed by atoms with Gasteiger partial charge in [-0.15, -0.1) is 0 Å². The summed E-state index contributed by atoms with van der Waals surface area (Å²) >= 11 is 0. The molecule has 0 radical (unpaired) electrons. The number of rotatable bonds is 6. The molecule has 4 heterocycles. The number of methoxy groups -OCH3 is 1. The van der Waals surface area contributed by atoms with Crippen LogP contribution in [0.4, 0.5) is 17.3 Å². The van der Waals surface area contributed by atoms with Gasteiger partial charge in [-0.1, -0.05) is 24.3 Å². The summed E-state index contributed by atoms with van der Waals surface area (Å²) in [6, 6.07) is 17.0. The first kappa shape index (κ1) is 21.0. The Balaban J connectivity index is 1.52. The Labute approximate surface area is 193 Å². The molecule has 0 bridgehead atoms. The molecule has 1 aliphatic heterocycles. The SMILES string of the molecule is CC=C(OC)c1cccc(-c2cc(Nc3cccc(N4CCCC4C)n3)c3ncnn3c2)c1. The Morgan fingerprint density at radius 3 is 2.82 bits per heavy atom. The number of benzene rings is 1. The van der Waals surface area contributed by atoms with Gasteiger partial charge in [0.15, 0.2) is 5.65 Å². The fraction of sp³-hybridized carbons (Fsp3) is 0.269. The van der Waals surface area contributed by atoms with Crippen LogP contribution in [0.15, 0.2) is 67.1 Å². The molecule has 33 heavy (non-hydrogen) atoms. The standard InChI is InChI=1S/C26H28N6O/c1-4-23(33-3)20-10-5-9-19(14-20)21-15-22(26-27-17-28-32(26)16-21)29-24-11-6-12-25(30-24)31-13-7-8-18(31)2/h4-6,9-12,14-18H,7-8,13H2,1-3H3,(H,29,30). The van der Waals surface area contributed by atoms with Crippen LogP contribution < -0.4 is 10.2 Å². The van der Waals surface area contributed by atoms with Crippen LogP contribution in [-0.4, -0.2) is 39.3 Å². The van der Waals surface area contributed by atoms with Gasteiger partial charge in [-0.25, -0.2) is 14.5 Å². The zero-order chi connectivity index (χ0) is 22.8. The lowest BCUT2D eigenvalue weighted by Gasteiger charge is -2.23. The lowest BCUT2D eigenvalue weighted by molar-refractivity contribution is 0.369. The number of ether oxygens (including phenoxy) is 1. The molecule has 7 nitrogen and oxygen atoms in total. The molecule has 5 rings (SSSR count). The highest BCUT2D eigenvalue weighted by Gasteiger charge is 2.21. The van der Waals surface area contributed by atoms with Crippen molar-refractivity contribution in [2.75, 3.05) is 23.9 Å². The van der Waals surface area contributed by atoms with Gasteiger partial charge in [0.2, 0.25) is 0 Å². The number of pyridine rings is 2. The second kappa shape index (κ2) is 8.94. The number of aromatic nitrogens is 4. The highest BCUT2D eigenvalue weighted by molar-refractivity contribution is 5.80. The second-order valence-electron chi connectivity index (χ2n) is 8.30. The van der Waals surface area contributed by atoms with Gasteiger partial charge in [-0.3, -0.25) is 0 Å². The molecule has 1 aromatic carbocycles. The first-order chi connectivity index (χ1) is 16.2. The van der Waals surface area contributed by atoms with Gasteiger partial charge >= 0.3 is 0 Å². The number of hydrogen-bond donors (Lipinski definition) is 1. The second-order valence-corrected chi connectivity index (χ2v) is 8.30. The number of allylic oxidation sites excluding steroid dienone is 1. The molecule has 0 aliphatic carbocycles. The van der Waals surface area contributed by atoms with E-state index in [-0.39, 0.29) is 0 Å². The van der Waals surface area contributed by atoms with E-state index in [0.29, 0.717) is 6.04 Å². The maximum absolute atomic E-state index is 5.51. The first-order valence-electron chi connectivity index (χ1n) is 11.3. The van der Waals surface area contributed by atoms with Crippen molar-refractivity contribution >= 4 is 28.7 Å². The smallest absolute Gasteiger partial charge is 0.178 e. The molecule has 1 N–H and O–H groups in total. The van der Waals surface area contributed by atoms with E-state index < -0.39 is 0 Å². The van der Waals surface area contributed by atoms with Gasteiger partial charge in [-0.05, 0) is 62.6 Å². The third-order valence-corrected chi connectivity index (χ3v) is 6.18. The molecule has 0 saturated carbocycles. The summed E-state index contributed by atoms with van der Waals surface area (Å²) in [4.78, 5) is 11.7. The first-order valence-corrected chi connectivity index (χ1v) is 11.3. The molecule has 168 valence electrons. The van der Waals surface area contributed by atoms with Crippen molar-refractivity contribution in [3.8, 4) is 11.1 Å². The van der Waals surface area contributed by atoms with Crippen molar-refractivity contribution in [1.29, 1.82) is 0 Å². The lowest BCUT2D eigenvalue weighted by Crippen LogP contribution is -2.27. The summed E-state index contributed by atoms with van der Waals surface area (Å²) in [5.74, 6) is 2.64. The van der Waals surface area contributed by atoms with Crippen molar-refractivity contribution < 1.29 is 4.74 Å². The normalized spacial score (nSPS) is 16.4. The molecule has 1 saturated heterocycles. The lowest BCUT2D eigenvalue weighted by atomic mass is 10.0. The third-order valence-electron chi connectivity index (χ3n) is 6.18. The van der Waals surface area contributed by atoms with E-state index in [0.717, 1.165) is 52.0 Å². The van der Waals surface area contributed by atoms with E-state index in [1.807, 2.05) is 43.5 Å². The summed E-state index contributed by atoms with van der Waals surface area (Å²) in [6.45, 7) is 5.28. The monoisotopic (exact) mass is 440 g/mol. The van der Waals surface area contributed by atoms with Crippen LogP contribution in [0.5, 0.6) is 0 Å². The summed E-state index contributed by atoms with van der Waals surface area (Å²) in [5.41, 5.74) is 4.72. The van der Waals surface area contributed by atoms with Crippen molar-refractivity contribution in [2.45, 2.75) is 32.7 Å². The van der Waals surface area contributed by atoms with E-state index in [1.54, 1.807) is 18.0 Å². The Kier molecular flexibility index (Phi) is 5.69. The van der Waals surface area contributed by atoms with Crippen molar-refractivity contribution in [2.24, 2.45) is 0 Å². The Hall–Kier alpha value is -3.87.